The molecule has 0 saturated heterocycles. The van der Waals surface area contributed by atoms with E-state index in [-0.39, 0.29) is 12.6 Å². The minimum Gasteiger partial charge on any atom is -0.482 e. The molecule has 0 spiro atoms. The second kappa shape index (κ2) is 10.5. The van der Waals surface area contributed by atoms with Crippen molar-refractivity contribution in [2.45, 2.75) is 32.1 Å². The monoisotopic (exact) mass is 311 g/mol. The van der Waals surface area contributed by atoms with Crippen LogP contribution in [0.25, 0.3) is 0 Å². The minimum atomic E-state index is -0.336. The van der Waals surface area contributed by atoms with Gasteiger partial charge in [0.1, 0.15) is 5.75 Å². The zero-order valence-corrected chi connectivity index (χ0v) is 13.9. The Labute approximate surface area is 131 Å². The summed E-state index contributed by atoms with van der Waals surface area (Å²) in [6, 6.07) is 6.03. The van der Waals surface area contributed by atoms with Crippen LogP contribution in [-0.2, 0) is 9.53 Å². The maximum absolute atomic E-state index is 11.3. The Balaban J connectivity index is 2.39. The van der Waals surface area contributed by atoms with Crippen molar-refractivity contribution in [2.24, 2.45) is 0 Å². The largest absolute Gasteiger partial charge is 0.482 e. The van der Waals surface area contributed by atoms with Crippen LogP contribution in [-0.4, -0.2) is 38.0 Å². The molecule has 0 heterocycles. The molecule has 1 aromatic carbocycles. The maximum atomic E-state index is 11.3. The Hall–Kier alpha value is -1.20. The topological polar surface area (TPSA) is 47.6 Å². The fourth-order valence-electron chi connectivity index (χ4n) is 1.76. The van der Waals surface area contributed by atoms with E-state index in [0.29, 0.717) is 6.61 Å². The lowest BCUT2D eigenvalue weighted by Gasteiger charge is -2.10. The SMILES string of the molecule is CCCNCCSc1ccc(OCC(=O)OCC)c(C)c1. The molecule has 1 N–H and O–H groups in total. The fraction of sp³-hybridized carbons (Fsp3) is 0.562. The van der Waals surface area contributed by atoms with Gasteiger partial charge in [0.05, 0.1) is 6.61 Å². The molecule has 0 aliphatic rings. The summed E-state index contributed by atoms with van der Waals surface area (Å²) < 4.78 is 10.3. The second-order valence-corrected chi connectivity index (χ2v) is 5.79. The van der Waals surface area contributed by atoms with Gasteiger partial charge in [0.25, 0.3) is 0 Å². The smallest absolute Gasteiger partial charge is 0.344 e. The van der Waals surface area contributed by atoms with Gasteiger partial charge in [0.2, 0.25) is 0 Å². The molecule has 0 amide bonds. The van der Waals surface area contributed by atoms with E-state index in [9.17, 15) is 4.79 Å². The van der Waals surface area contributed by atoms with Gasteiger partial charge in [-0.15, -0.1) is 11.8 Å². The summed E-state index contributed by atoms with van der Waals surface area (Å²) in [5, 5.41) is 3.38. The molecule has 0 fully saturated rings. The highest BCUT2D eigenvalue weighted by molar-refractivity contribution is 7.99. The standard InChI is InChI=1S/C16H25NO3S/c1-4-8-17-9-10-21-14-6-7-15(13(3)11-14)20-12-16(18)19-5-2/h6-7,11,17H,4-5,8-10,12H2,1-3H3. The number of hydrogen-bond acceptors (Lipinski definition) is 5. The van der Waals surface area contributed by atoms with E-state index >= 15 is 0 Å². The van der Waals surface area contributed by atoms with Gasteiger partial charge in [-0.05, 0) is 50.6 Å². The van der Waals surface area contributed by atoms with Crippen LogP contribution >= 0.6 is 11.8 Å². The molecule has 0 unspecified atom stereocenters. The number of ether oxygens (including phenoxy) is 2. The Morgan fingerprint density at radius 3 is 2.76 bits per heavy atom. The van der Waals surface area contributed by atoms with Gasteiger partial charge in [-0.1, -0.05) is 6.92 Å². The third-order valence-corrected chi connectivity index (χ3v) is 3.77. The van der Waals surface area contributed by atoms with Crippen LogP contribution < -0.4 is 10.1 Å². The summed E-state index contributed by atoms with van der Waals surface area (Å²) >= 11 is 1.82. The third kappa shape index (κ3) is 7.39. The predicted octanol–water partition coefficient (Wildman–Crippen LogP) is 3.03. The van der Waals surface area contributed by atoms with Crippen LogP contribution in [0.4, 0.5) is 0 Å². The molecular weight excluding hydrogens is 286 g/mol. The molecule has 0 aliphatic heterocycles. The number of aryl methyl sites for hydroxylation is 1. The number of esters is 1. The van der Waals surface area contributed by atoms with Crippen LogP contribution in [0.2, 0.25) is 0 Å². The molecule has 0 saturated carbocycles. The summed E-state index contributed by atoms with van der Waals surface area (Å²) in [6.07, 6.45) is 1.16. The van der Waals surface area contributed by atoms with Crippen LogP contribution in [0.5, 0.6) is 5.75 Å². The molecular formula is C16H25NO3S. The summed E-state index contributed by atoms with van der Waals surface area (Å²) in [6.45, 7) is 8.35. The Morgan fingerprint density at radius 2 is 2.10 bits per heavy atom. The number of carbonyl (C=O) groups is 1. The van der Waals surface area contributed by atoms with Crippen molar-refractivity contribution >= 4 is 17.7 Å². The number of hydrogen-bond donors (Lipinski definition) is 1. The molecule has 0 aliphatic carbocycles. The first-order valence-electron chi connectivity index (χ1n) is 7.40. The van der Waals surface area contributed by atoms with E-state index in [2.05, 4.69) is 18.3 Å². The number of rotatable bonds is 10. The summed E-state index contributed by atoms with van der Waals surface area (Å²) in [4.78, 5) is 12.5. The zero-order chi connectivity index (χ0) is 15.5. The first-order chi connectivity index (χ1) is 10.2. The van der Waals surface area contributed by atoms with Crippen molar-refractivity contribution in [1.82, 2.24) is 5.32 Å². The molecule has 4 nitrogen and oxygen atoms in total. The molecule has 0 radical (unpaired) electrons. The summed E-state index contributed by atoms with van der Waals surface area (Å²) in [5.41, 5.74) is 1.03. The molecule has 1 rings (SSSR count). The van der Waals surface area contributed by atoms with Gasteiger partial charge in [-0.3, -0.25) is 0 Å². The number of thioether (sulfide) groups is 1. The fourth-order valence-corrected chi connectivity index (χ4v) is 2.66. The second-order valence-electron chi connectivity index (χ2n) is 4.62. The molecule has 0 bridgehead atoms. The van der Waals surface area contributed by atoms with Gasteiger partial charge in [0, 0.05) is 17.2 Å². The van der Waals surface area contributed by atoms with Crippen molar-refractivity contribution in [1.29, 1.82) is 0 Å². The first kappa shape index (κ1) is 17.9. The average molecular weight is 311 g/mol. The summed E-state index contributed by atoms with van der Waals surface area (Å²) in [7, 11) is 0. The van der Waals surface area contributed by atoms with Crippen molar-refractivity contribution in [3.63, 3.8) is 0 Å². The number of carbonyl (C=O) groups excluding carboxylic acids is 1. The highest BCUT2D eigenvalue weighted by Crippen LogP contribution is 2.25. The van der Waals surface area contributed by atoms with E-state index in [1.54, 1.807) is 6.92 Å². The van der Waals surface area contributed by atoms with Crippen molar-refractivity contribution in [3.05, 3.63) is 23.8 Å². The quantitative estimate of drug-likeness (QED) is 0.409. The van der Waals surface area contributed by atoms with Gasteiger partial charge >= 0.3 is 5.97 Å². The Kier molecular flexibility index (Phi) is 8.94. The van der Waals surface area contributed by atoms with E-state index in [4.69, 9.17) is 9.47 Å². The third-order valence-electron chi connectivity index (χ3n) is 2.77. The number of nitrogens with one attached hydrogen (secondary N) is 1. The normalized spacial score (nSPS) is 10.4. The number of benzene rings is 1. The molecule has 21 heavy (non-hydrogen) atoms. The lowest BCUT2D eigenvalue weighted by atomic mass is 10.2. The molecule has 1 aromatic rings. The van der Waals surface area contributed by atoms with Crippen LogP contribution in [0.3, 0.4) is 0 Å². The van der Waals surface area contributed by atoms with Gasteiger partial charge in [-0.2, -0.15) is 0 Å². The Bertz CT molecular complexity index is 438. The van der Waals surface area contributed by atoms with Gasteiger partial charge < -0.3 is 14.8 Å². The van der Waals surface area contributed by atoms with Gasteiger partial charge in [0.15, 0.2) is 6.61 Å². The highest BCUT2D eigenvalue weighted by atomic mass is 32.2. The van der Waals surface area contributed by atoms with Gasteiger partial charge in [-0.25, -0.2) is 4.79 Å². The lowest BCUT2D eigenvalue weighted by Crippen LogP contribution is -2.17. The van der Waals surface area contributed by atoms with Crippen LogP contribution in [0.15, 0.2) is 23.1 Å². The van der Waals surface area contributed by atoms with Crippen molar-refractivity contribution in [2.75, 3.05) is 32.1 Å². The predicted molar refractivity (Wildman–Crippen MR) is 87.2 cm³/mol. The molecule has 118 valence electrons. The Morgan fingerprint density at radius 1 is 1.29 bits per heavy atom. The van der Waals surface area contributed by atoms with Crippen LogP contribution in [0.1, 0.15) is 25.8 Å². The van der Waals surface area contributed by atoms with E-state index in [0.717, 1.165) is 36.6 Å². The minimum absolute atomic E-state index is 0.0396. The van der Waals surface area contributed by atoms with E-state index < -0.39 is 0 Å². The van der Waals surface area contributed by atoms with E-state index in [1.165, 1.54) is 4.90 Å². The molecule has 0 aromatic heterocycles. The first-order valence-corrected chi connectivity index (χ1v) is 8.38. The van der Waals surface area contributed by atoms with Crippen LogP contribution in [0, 0.1) is 6.92 Å². The maximum Gasteiger partial charge on any atom is 0.344 e. The average Bonchev–Trinajstić information content (AvgIpc) is 2.46. The zero-order valence-electron chi connectivity index (χ0n) is 13.1. The van der Waals surface area contributed by atoms with Crippen molar-refractivity contribution in [3.8, 4) is 5.75 Å². The van der Waals surface area contributed by atoms with E-state index in [1.807, 2.05) is 30.8 Å². The lowest BCUT2D eigenvalue weighted by molar-refractivity contribution is -0.145. The highest BCUT2D eigenvalue weighted by Gasteiger charge is 2.06. The molecule has 5 heteroatoms. The summed E-state index contributed by atoms with van der Waals surface area (Å²) in [5.74, 6) is 1.44. The molecule has 0 atom stereocenters. The van der Waals surface area contributed by atoms with Crippen molar-refractivity contribution < 1.29 is 14.3 Å².